The number of hydrogen-bond acceptors (Lipinski definition) is 6. The summed E-state index contributed by atoms with van der Waals surface area (Å²) in [5.41, 5.74) is 2.88. The van der Waals surface area contributed by atoms with Crippen LogP contribution in [0.4, 0.5) is 5.95 Å². The monoisotopic (exact) mass is 354 g/mol. The Morgan fingerprint density at radius 3 is 2.92 bits per heavy atom. The third-order valence-electron chi connectivity index (χ3n) is 5.16. The summed E-state index contributed by atoms with van der Waals surface area (Å²) in [4.78, 5) is 12.1. The molecule has 1 unspecified atom stereocenters. The zero-order valence-electron chi connectivity index (χ0n) is 13.7. The van der Waals surface area contributed by atoms with Gasteiger partial charge in [-0.15, -0.1) is 0 Å². The molecule has 128 valence electrons. The summed E-state index contributed by atoms with van der Waals surface area (Å²) in [6.07, 6.45) is 4.54. The lowest BCUT2D eigenvalue weighted by Gasteiger charge is -2.31. The van der Waals surface area contributed by atoms with Gasteiger partial charge in [-0.05, 0) is 25.0 Å². The molecular formula is C18H18N4O2S. The number of para-hydroxylation sites is 1. The maximum atomic E-state index is 11.8. The Hall–Kier alpha value is -2.28. The number of aromatic nitrogens is 3. The van der Waals surface area contributed by atoms with Gasteiger partial charge in [-0.2, -0.15) is 0 Å². The standard InChI is InChI=1S/C18H18N4O2S/c23-25-10-7-14-16(25)11-19-18(20-14)22-8-5-12(6-9-22)17-13-3-1-2-4-15(13)24-21-17/h1-4,11-12H,5-10H2. The molecule has 7 heteroatoms. The van der Waals surface area contributed by atoms with E-state index in [9.17, 15) is 4.21 Å². The van der Waals surface area contributed by atoms with Gasteiger partial charge in [-0.1, -0.05) is 17.3 Å². The van der Waals surface area contributed by atoms with E-state index in [1.807, 2.05) is 18.2 Å². The minimum atomic E-state index is -0.913. The Balaban J connectivity index is 1.34. The summed E-state index contributed by atoms with van der Waals surface area (Å²) in [7, 11) is -0.913. The van der Waals surface area contributed by atoms with E-state index in [0.29, 0.717) is 11.7 Å². The van der Waals surface area contributed by atoms with E-state index >= 15 is 0 Å². The first-order valence-electron chi connectivity index (χ1n) is 8.63. The minimum absolute atomic E-state index is 0.404. The fourth-order valence-corrected chi connectivity index (χ4v) is 4.95. The number of aryl methyl sites for hydroxylation is 1. The van der Waals surface area contributed by atoms with E-state index in [1.54, 1.807) is 6.20 Å². The highest BCUT2D eigenvalue weighted by atomic mass is 32.2. The Labute approximate surface area is 147 Å². The summed E-state index contributed by atoms with van der Waals surface area (Å²) >= 11 is 0. The van der Waals surface area contributed by atoms with E-state index in [2.05, 4.69) is 26.1 Å². The van der Waals surface area contributed by atoms with Crippen molar-refractivity contribution >= 4 is 27.7 Å². The molecule has 2 aliphatic rings. The van der Waals surface area contributed by atoms with Crippen LogP contribution in [0.1, 0.15) is 30.1 Å². The Kier molecular flexibility index (Phi) is 3.55. The second-order valence-corrected chi connectivity index (χ2v) is 8.15. The fourth-order valence-electron chi connectivity index (χ4n) is 3.77. The molecule has 5 rings (SSSR count). The zero-order chi connectivity index (χ0) is 16.8. The fraction of sp³-hybridized carbons (Fsp3) is 0.389. The lowest BCUT2D eigenvalue weighted by Crippen LogP contribution is -2.34. The Morgan fingerprint density at radius 1 is 1.20 bits per heavy atom. The molecule has 1 saturated heterocycles. The molecule has 1 fully saturated rings. The molecule has 1 aromatic carbocycles. The molecule has 2 aromatic heterocycles. The van der Waals surface area contributed by atoms with Crippen LogP contribution in [-0.2, 0) is 17.2 Å². The van der Waals surface area contributed by atoms with Gasteiger partial charge < -0.3 is 9.42 Å². The second kappa shape index (κ2) is 5.91. The number of anilines is 1. The predicted octanol–water partition coefficient (Wildman–Crippen LogP) is 2.67. The molecule has 25 heavy (non-hydrogen) atoms. The number of benzene rings is 1. The van der Waals surface area contributed by atoms with Crippen LogP contribution in [0.5, 0.6) is 0 Å². The molecule has 0 radical (unpaired) electrons. The van der Waals surface area contributed by atoms with E-state index < -0.39 is 10.8 Å². The van der Waals surface area contributed by atoms with Gasteiger partial charge in [0.25, 0.3) is 0 Å². The lowest BCUT2D eigenvalue weighted by atomic mass is 9.92. The SMILES string of the molecule is O=S1CCc2nc(N3CCC(c4noc5ccccc45)CC3)ncc21. The molecular weight excluding hydrogens is 336 g/mol. The average molecular weight is 354 g/mol. The van der Waals surface area contributed by atoms with E-state index in [-0.39, 0.29) is 0 Å². The molecule has 2 aliphatic heterocycles. The highest BCUT2D eigenvalue weighted by Gasteiger charge is 2.27. The maximum Gasteiger partial charge on any atom is 0.225 e. The molecule has 0 bridgehead atoms. The molecule has 1 atom stereocenters. The van der Waals surface area contributed by atoms with Crippen LogP contribution in [0.25, 0.3) is 11.0 Å². The predicted molar refractivity (Wildman–Crippen MR) is 95.2 cm³/mol. The highest BCUT2D eigenvalue weighted by Crippen LogP contribution is 2.33. The zero-order valence-corrected chi connectivity index (χ0v) is 14.5. The summed E-state index contributed by atoms with van der Waals surface area (Å²) in [6.45, 7) is 1.79. The van der Waals surface area contributed by atoms with Crippen molar-refractivity contribution in [1.82, 2.24) is 15.1 Å². The third-order valence-corrected chi connectivity index (χ3v) is 6.56. The molecule has 0 amide bonds. The van der Waals surface area contributed by atoms with Crippen molar-refractivity contribution in [2.24, 2.45) is 0 Å². The van der Waals surface area contributed by atoms with Crippen molar-refractivity contribution in [1.29, 1.82) is 0 Å². The smallest absolute Gasteiger partial charge is 0.225 e. The van der Waals surface area contributed by atoms with Crippen molar-refractivity contribution in [3.63, 3.8) is 0 Å². The lowest BCUT2D eigenvalue weighted by molar-refractivity contribution is 0.416. The molecule has 0 aliphatic carbocycles. The van der Waals surface area contributed by atoms with Gasteiger partial charge in [-0.3, -0.25) is 4.21 Å². The van der Waals surface area contributed by atoms with Crippen molar-refractivity contribution < 1.29 is 8.73 Å². The summed E-state index contributed by atoms with van der Waals surface area (Å²) in [5, 5.41) is 5.44. The minimum Gasteiger partial charge on any atom is -0.356 e. The van der Waals surface area contributed by atoms with Crippen LogP contribution in [-0.4, -0.2) is 38.2 Å². The summed E-state index contributed by atoms with van der Waals surface area (Å²) in [6, 6.07) is 8.04. The Bertz CT molecular complexity index is 963. The Morgan fingerprint density at radius 2 is 2.04 bits per heavy atom. The number of rotatable bonds is 2. The largest absolute Gasteiger partial charge is 0.356 e. The van der Waals surface area contributed by atoms with Gasteiger partial charge in [0.2, 0.25) is 5.95 Å². The number of piperidine rings is 1. The normalized spacial score (nSPS) is 21.0. The number of fused-ring (bicyclic) bond motifs is 2. The van der Waals surface area contributed by atoms with E-state index in [1.165, 1.54) is 0 Å². The van der Waals surface area contributed by atoms with Crippen molar-refractivity contribution in [2.45, 2.75) is 30.1 Å². The summed E-state index contributed by atoms with van der Waals surface area (Å²) < 4.78 is 17.3. The van der Waals surface area contributed by atoms with Gasteiger partial charge >= 0.3 is 0 Å². The third kappa shape index (κ3) is 2.54. The first-order valence-corrected chi connectivity index (χ1v) is 9.95. The van der Waals surface area contributed by atoms with Gasteiger partial charge in [-0.25, -0.2) is 9.97 Å². The number of nitrogens with zero attached hydrogens (tertiary/aromatic N) is 4. The first-order chi connectivity index (χ1) is 12.3. The van der Waals surface area contributed by atoms with Gasteiger partial charge in [0.1, 0.15) is 0 Å². The number of hydrogen-bond donors (Lipinski definition) is 0. The molecule has 6 nitrogen and oxygen atoms in total. The molecule has 4 heterocycles. The topological polar surface area (TPSA) is 72.1 Å². The first kappa shape index (κ1) is 15.0. The van der Waals surface area contributed by atoms with Crippen molar-refractivity contribution in [2.75, 3.05) is 23.7 Å². The van der Waals surface area contributed by atoms with Crippen LogP contribution in [0.3, 0.4) is 0 Å². The van der Waals surface area contributed by atoms with Crippen LogP contribution in [0, 0.1) is 0 Å². The van der Waals surface area contributed by atoms with E-state index in [0.717, 1.165) is 65.6 Å². The highest BCUT2D eigenvalue weighted by molar-refractivity contribution is 7.85. The molecule has 3 aromatic rings. The van der Waals surface area contributed by atoms with Crippen molar-refractivity contribution in [3.05, 3.63) is 41.9 Å². The van der Waals surface area contributed by atoms with Crippen LogP contribution in [0.15, 0.2) is 39.9 Å². The van der Waals surface area contributed by atoms with Crippen LogP contribution in [0.2, 0.25) is 0 Å². The quantitative estimate of drug-likeness (QED) is 0.704. The molecule has 0 spiro atoms. The van der Waals surface area contributed by atoms with Crippen molar-refractivity contribution in [3.8, 4) is 0 Å². The van der Waals surface area contributed by atoms with E-state index in [4.69, 9.17) is 4.52 Å². The van der Waals surface area contributed by atoms with Crippen LogP contribution < -0.4 is 4.90 Å². The van der Waals surface area contributed by atoms with Gasteiger partial charge in [0.15, 0.2) is 5.58 Å². The maximum absolute atomic E-state index is 11.8. The molecule has 0 N–H and O–H groups in total. The van der Waals surface area contributed by atoms with Gasteiger partial charge in [0.05, 0.1) is 27.1 Å². The second-order valence-electron chi connectivity index (χ2n) is 6.61. The molecule has 0 saturated carbocycles. The average Bonchev–Trinajstić information content (AvgIpc) is 3.26. The van der Waals surface area contributed by atoms with Gasteiger partial charge in [0, 0.05) is 42.8 Å². The summed E-state index contributed by atoms with van der Waals surface area (Å²) in [5.74, 6) is 1.84. The van der Waals surface area contributed by atoms with Crippen LogP contribution >= 0.6 is 0 Å².